The fourth-order valence-corrected chi connectivity index (χ4v) is 3.27. The number of nitrogens with two attached hydrogens (primary N) is 2. The first kappa shape index (κ1) is 10.8. The average Bonchev–Trinajstić information content (AvgIpc) is 2.59. The number of ether oxygens (including phenoxy) is 1. The van der Waals surface area contributed by atoms with Crippen LogP contribution in [0, 0.1) is 3.57 Å². The Bertz CT molecular complexity index is 629. The summed E-state index contributed by atoms with van der Waals surface area (Å²) < 4.78 is 6.85. The fraction of sp³-hybridized carbons (Fsp3) is 0.273. The number of nitrogen functional groups attached to an aromatic ring is 2. The molecule has 1 aromatic heterocycles. The molecule has 1 atom stereocenters. The van der Waals surface area contributed by atoms with Crippen molar-refractivity contribution in [3.63, 3.8) is 0 Å². The van der Waals surface area contributed by atoms with Crippen LogP contribution in [0.5, 0.6) is 5.75 Å². The summed E-state index contributed by atoms with van der Waals surface area (Å²) in [6, 6.07) is 1.98. The summed E-state index contributed by atoms with van der Waals surface area (Å²) in [7, 11) is 0. The number of nitrogens with zero attached hydrogens (tertiary/aromatic N) is 2. The summed E-state index contributed by atoms with van der Waals surface area (Å²) in [5.74, 6) is 1.76. The molecule has 0 aliphatic carbocycles. The lowest BCUT2D eigenvalue weighted by Crippen LogP contribution is -2.02. The Balaban J connectivity index is 2.46. The number of halogens is 1. The second-order valence-electron chi connectivity index (χ2n) is 4.17. The zero-order valence-electron chi connectivity index (χ0n) is 9.20. The van der Waals surface area contributed by atoms with Crippen molar-refractivity contribution in [2.45, 2.75) is 12.8 Å². The third kappa shape index (κ3) is 1.50. The van der Waals surface area contributed by atoms with E-state index in [1.807, 2.05) is 6.07 Å². The second-order valence-corrected chi connectivity index (χ2v) is 5.34. The van der Waals surface area contributed by atoms with Gasteiger partial charge in [0.15, 0.2) is 0 Å². The van der Waals surface area contributed by atoms with Crippen molar-refractivity contribution < 1.29 is 4.74 Å². The molecule has 1 aromatic carbocycles. The van der Waals surface area contributed by atoms with Crippen molar-refractivity contribution in [3.8, 4) is 5.75 Å². The van der Waals surface area contributed by atoms with Crippen LogP contribution in [0.3, 0.4) is 0 Å². The summed E-state index contributed by atoms with van der Waals surface area (Å²) in [4.78, 5) is 8.20. The van der Waals surface area contributed by atoms with Gasteiger partial charge in [0.05, 0.1) is 17.5 Å². The maximum atomic E-state index is 5.91. The van der Waals surface area contributed by atoms with Gasteiger partial charge in [-0.3, -0.25) is 0 Å². The smallest absolute Gasteiger partial charge is 0.222 e. The Morgan fingerprint density at radius 2 is 2.18 bits per heavy atom. The Kier molecular flexibility index (Phi) is 2.29. The van der Waals surface area contributed by atoms with E-state index in [0.29, 0.717) is 18.3 Å². The van der Waals surface area contributed by atoms with Crippen LogP contribution < -0.4 is 16.2 Å². The molecule has 1 aliphatic heterocycles. The van der Waals surface area contributed by atoms with E-state index in [4.69, 9.17) is 16.2 Å². The summed E-state index contributed by atoms with van der Waals surface area (Å²) in [5.41, 5.74) is 13.4. The maximum Gasteiger partial charge on any atom is 0.222 e. The van der Waals surface area contributed by atoms with Crippen LogP contribution in [-0.2, 0) is 0 Å². The summed E-state index contributed by atoms with van der Waals surface area (Å²) in [6.45, 7) is 2.81. The lowest BCUT2D eigenvalue weighted by molar-refractivity contribution is 0.340. The number of aromatic nitrogens is 2. The molecule has 0 amide bonds. The SMILES string of the molecule is CC1COc2c1c(I)cc1nc(N)nc(N)c21. The molecule has 0 spiro atoms. The first-order valence-corrected chi connectivity index (χ1v) is 6.33. The topological polar surface area (TPSA) is 87.0 Å². The molecule has 6 heteroatoms. The number of benzene rings is 1. The highest BCUT2D eigenvalue weighted by molar-refractivity contribution is 14.1. The molecular weight excluding hydrogens is 331 g/mol. The van der Waals surface area contributed by atoms with E-state index < -0.39 is 0 Å². The van der Waals surface area contributed by atoms with Gasteiger partial charge in [0.1, 0.15) is 11.6 Å². The quantitative estimate of drug-likeness (QED) is 0.714. The predicted octanol–water partition coefficient (Wildman–Crippen LogP) is 1.89. The predicted molar refractivity (Wildman–Crippen MR) is 75.0 cm³/mol. The molecule has 0 bridgehead atoms. The van der Waals surface area contributed by atoms with Crippen LogP contribution in [0.15, 0.2) is 6.07 Å². The van der Waals surface area contributed by atoms with E-state index in [-0.39, 0.29) is 5.95 Å². The average molecular weight is 342 g/mol. The van der Waals surface area contributed by atoms with E-state index in [1.165, 1.54) is 5.56 Å². The molecule has 2 heterocycles. The second kappa shape index (κ2) is 3.59. The number of hydrogen-bond donors (Lipinski definition) is 2. The van der Waals surface area contributed by atoms with E-state index in [2.05, 4.69) is 39.5 Å². The van der Waals surface area contributed by atoms with Gasteiger partial charge in [0.2, 0.25) is 5.95 Å². The molecule has 2 aromatic rings. The molecule has 0 radical (unpaired) electrons. The summed E-state index contributed by atoms with van der Waals surface area (Å²) in [6.07, 6.45) is 0. The number of anilines is 2. The Labute approximate surface area is 112 Å². The van der Waals surface area contributed by atoms with Crippen LogP contribution in [0.4, 0.5) is 11.8 Å². The largest absolute Gasteiger partial charge is 0.492 e. The van der Waals surface area contributed by atoms with Crippen molar-refractivity contribution >= 4 is 45.3 Å². The van der Waals surface area contributed by atoms with Gasteiger partial charge in [-0.1, -0.05) is 6.92 Å². The highest BCUT2D eigenvalue weighted by atomic mass is 127. The van der Waals surface area contributed by atoms with Gasteiger partial charge in [-0.2, -0.15) is 4.98 Å². The van der Waals surface area contributed by atoms with Gasteiger partial charge in [0, 0.05) is 15.1 Å². The number of hydrogen-bond acceptors (Lipinski definition) is 5. The monoisotopic (exact) mass is 342 g/mol. The molecule has 0 saturated carbocycles. The molecule has 5 nitrogen and oxygen atoms in total. The van der Waals surface area contributed by atoms with Crippen molar-refractivity contribution in [1.82, 2.24) is 9.97 Å². The highest BCUT2D eigenvalue weighted by Gasteiger charge is 2.27. The van der Waals surface area contributed by atoms with Crippen LogP contribution in [-0.4, -0.2) is 16.6 Å². The first-order chi connectivity index (χ1) is 8.08. The van der Waals surface area contributed by atoms with Crippen LogP contribution in [0.25, 0.3) is 10.9 Å². The van der Waals surface area contributed by atoms with Gasteiger partial charge in [0.25, 0.3) is 0 Å². The van der Waals surface area contributed by atoms with E-state index >= 15 is 0 Å². The van der Waals surface area contributed by atoms with Crippen molar-refractivity contribution in [2.24, 2.45) is 0 Å². The molecule has 0 saturated heterocycles. The molecule has 1 unspecified atom stereocenters. The van der Waals surface area contributed by atoms with E-state index in [0.717, 1.165) is 20.2 Å². The minimum Gasteiger partial charge on any atom is -0.492 e. The van der Waals surface area contributed by atoms with E-state index in [1.54, 1.807) is 0 Å². The minimum absolute atomic E-state index is 0.191. The highest BCUT2D eigenvalue weighted by Crippen LogP contribution is 2.43. The molecular formula is C11H11IN4O. The van der Waals surface area contributed by atoms with Crippen molar-refractivity contribution in [2.75, 3.05) is 18.1 Å². The van der Waals surface area contributed by atoms with Gasteiger partial charge in [-0.05, 0) is 28.7 Å². The molecule has 4 N–H and O–H groups in total. The van der Waals surface area contributed by atoms with Gasteiger partial charge in [-0.25, -0.2) is 4.98 Å². The van der Waals surface area contributed by atoms with E-state index in [9.17, 15) is 0 Å². The maximum absolute atomic E-state index is 5.91. The fourth-order valence-electron chi connectivity index (χ4n) is 2.19. The summed E-state index contributed by atoms with van der Waals surface area (Å²) >= 11 is 2.29. The molecule has 88 valence electrons. The zero-order valence-corrected chi connectivity index (χ0v) is 11.4. The zero-order chi connectivity index (χ0) is 12.2. The van der Waals surface area contributed by atoms with Crippen LogP contribution in [0.2, 0.25) is 0 Å². The lowest BCUT2D eigenvalue weighted by atomic mass is 10.0. The first-order valence-electron chi connectivity index (χ1n) is 5.26. The van der Waals surface area contributed by atoms with Gasteiger partial charge < -0.3 is 16.2 Å². The van der Waals surface area contributed by atoms with Crippen LogP contribution in [0.1, 0.15) is 18.4 Å². The standard InChI is InChI=1S/C11H11IN4O/c1-4-3-17-9-7(4)5(12)2-6-8(9)10(13)16-11(14)15-6/h2,4H,3H2,1H3,(H4,13,14,15,16). The van der Waals surface area contributed by atoms with Crippen molar-refractivity contribution in [1.29, 1.82) is 0 Å². The third-order valence-corrected chi connectivity index (χ3v) is 3.84. The molecule has 0 fully saturated rings. The third-order valence-electron chi connectivity index (χ3n) is 2.95. The van der Waals surface area contributed by atoms with Crippen molar-refractivity contribution in [3.05, 3.63) is 15.2 Å². The number of rotatable bonds is 0. The molecule has 17 heavy (non-hydrogen) atoms. The Morgan fingerprint density at radius 3 is 2.94 bits per heavy atom. The number of fused-ring (bicyclic) bond motifs is 3. The minimum atomic E-state index is 0.191. The Hall–Kier alpha value is -1.31. The normalized spacial score (nSPS) is 18.1. The van der Waals surface area contributed by atoms with Gasteiger partial charge >= 0.3 is 0 Å². The van der Waals surface area contributed by atoms with Crippen LogP contribution >= 0.6 is 22.6 Å². The summed E-state index contributed by atoms with van der Waals surface area (Å²) in [5, 5.41) is 0.777. The lowest BCUT2D eigenvalue weighted by Gasteiger charge is -2.09. The molecule has 1 aliphatic rings. The molecule has 3 rings (SSSR count). The van der Waals surface area contributed by atoms with Gasteiger partial charge in [-0.15, -0.1) is 0 Å². The Morgan fingerprint density at radius 1 is 1.41 bits per heavy atom.